The number of carbonyl (C=O) groups excluding carboxylic acids is 2. The number of nitrogens with one attached hydrogen (secondary N) is 1. The molecule has 1 aliphatic rings. The van der Waals surface area contributed by atoms with Crippen molar-refractivity contribution < 1.29 is 14.3 Å². The second-order valence-electron chi connectivity index (χ2n) is 8.68. The van der Waals surface area contributed by atoms with Crippen LogP contribution in [0.1, 0.15) is 50.4 Å². The Bertz CT molecular complexity index is 680. The molecule has 0 aromatic heterocycles. The van der Waals surface area contributed by atoms with Gasteiger partial charge in [0, 0.05) is 33.3 Å². The van der Waals surface area contributed by atoms with Gasteiger partial charge in [-0.25, -0.2) is 0 Å². The van der Waals surface area contributed by atoms with Gasteiger partial charge in [0.1, 0.15) is 12.4 Å². The minimum atomic E-state index is -0.0511. The highest BCUT2D eigenvalue weighted by molar-refractivity contribution is 5.95. The SMILES string of the molecule is CN(C)C(=O)c1ccc2c(c1)N(C)[C@@H](CC(=O)NCCCC(C)(C)C)CO2. The van der Waals surface area contributed by atoms with E-state index in [-0.39, 0.29) is 23.3 Å². The van der Waals surface area contributed by atoms with Crippen molar-refractivity contribution in [2.75, 3.05) is 39.2 Å². The number of benzene rings is 1. The largest absolute Gasteiger partial charge is 0.489 e. The molecule has 0 bridgehead atoms. The molecule has 1 atom stereocenters. The maximum Gasteiger partial charge on any atom is 0.253 e. The van der Waals surface area contributed by atoms with Crippen LogP contribution in [-0.2, 0) is 4.79 Å². The molecule has 0 radical (unpaired) electrons. The first kappa shape index (κ1) is 21.1. The predicted octanol–water partition coefficient (Wildman–Crippen LogP) is 2.92. The van der Waals surface area contributed by atoms with Gasteiger partial charge < -0.3 is 19.9 Å². The molecular weight excluding hydrogens is 342 g/mol. The summed E-state index contributed by atoms with van der Waals surface area (Å²) in [5.74, 6) is 0.730. The zero-order valence-electron chi connectivity index (χ0n) is 17.5. The van der Waals surface area contributed by atoms with Crippen molar-refractivity contribution in [3.8, 4) is 5.75 Å². The average Bonchev–Trinajstić information content (AvgIpc) is 2.59. The molecule has 2 amide bonds. The molecule has 6 nitrogen and oxygen atoms in total. The predicted molar refractivity (Wildman–Crippen MR) is 108 cm³/mol. The summed E-state index contributed by atoms with van der Waals surface area (Å²) < 4.78 is 5.83. The van der Waals surface area contributed by atoms with Crippen molar-refractivity contribution in [2.45, 2.75) is 46.1 Å². The molecular formula is C21H33N3O3. The average molecular weight is 376 g/mol. The Kier molecular flexibility index (Phi) is 6.73. The molecule has 1 aromatic rings. The number of hydrogen-bond donors (Lipinski definition) is 1. The van der Waals surface area contributed by atoms with Crippen molar-refractivity contribution in [1.29, 1.82) is 0 Å². The molecule has 0 fully saturated rings. The molecule has 1 aromatic carbocycles. The van der Waals surface area contributed by atoms with Crippen molar-refractivity contribution in [1.82, 2.24) is 10.2 Å². The van der Waals surface area contributed by atoms with Gasteiger partial charge >= 0.3 is 0 Å². The van der Waals surface area contributed by atoms with Crippen LogP contribution in [0, 0.1) is 5.41 Å². The van der Waals surface area contributed by atoms with E-state index in [2.05, 4.69) is 26.1 Å². The zero-order valence-corrected chi connectivity index (χ0v) is 17.5. The summed E-state index contributed by atoms with van der Waals surface area (Å²) >= 11 is 0. The zero-order chi connectivity index (χ0) is 20.2. The molecule has 2 rings (SSSR count). The Balaban J connectivity index is 1.95. The number of amides is 2. The van der Waals surface area contributed by atoms with Crippen LogP contribution in [0.5, 0.6) is 5.75 Å². The number of nitrogens with zero attached hydrogens (tertiary/aromatic N) is 2. The maximum absolute atomic E-state index is 12.3. The Labute approximate surface area is 162 Å². The van der Waals surface area contributed by atoms with Gasteiger partial charge in [-0.05, 0) is 36.5 Å². The molecule has 1 aliphatic heterocycles. The summed E-state index contributed by atoms with van der Waals surface area (Å²) in [7, 11) is 5.41. The summed E-state index contributed by atoms with van der Waals surface area (Å²) in [6.45, 7) is 7.77. The Morgan fingerprint density at radius 1 is 1.30 bits per heavy atom. The van der Waals surface area contributed by atoms with Crippen LogP contribution in [0.15, 0.2) is 18.2 Å². The number of carbonyl (C=O) groups is 2. The number of likely N-dealkylation sites (N-methyl/N-ethyl adjacent to an activating group) is 1. The summed E-state index contributed by atoms with van der Waals surface area (Å²) in [5, 5.41) is 3.01. The molecule has 0 aliphatic carbocycles. The van der Waals surface area contributed by atoms with Crippen LogP contribution in [0.4, 0.5) is 5.69 Å². The van der Waals surface area contributed by atoms with Crippen LogP contribution >= 0.6 is 0 Å². The second kappa shape index (κ2) is 8.63. The van der Waals surface area contributed by atoms with E-state index >= 15 is 0 Å². The van der Waals surface area contributed by atoms with E-state index in [0.717, 1.165) is 24.3 Å². The fourth-order valence-corrected chi connectivity index (χ4v) is 3.13. The third-order valence-electron chi connectivity index (χ3n) is 4.82. The topological polar surface area (TPSA) is 61.9 Å². The lowest BCUT2D eigenvalue weighted by atomic mass is 9.91. The van der Waals surface area contributed by atoms with Crippen LogP contribution in [0.25, 0.3) is 0 Å². The Morgan fingerprint density at radius 2 is 2.00 bits per heavy atom. The summed E-state index contributed by atoms with van der Waals surface area (Å²) in [4.78, 5) is 28.1. The molecule has 27 heavy (non-hydrogen) atoms. The van der Waals surface area contributed by atoms with Gasteiger partial charge in [0.15, 0.2) is 0 Å². The lowest BCUT2D eigenvalue weighted by molar-refractivity contribution is -0.121. The third-order valence-corrected chi connectivity index (χ3v) is 4.82. The Morgan fingerprint density at radius 3 is 2.63 bits per heavy atom. The van der Waals surface area contributed by atoms with E-state index in [1.54, 1.807) is 25.1 Å². The molecule has 0 spiro atoms. The number of hydrogen-bond acceptors (Lipinski definition) is 4. The van der Waals surface area contributed by atoms with Gasteiger partial charge in [0.25, 0.3) is 5.91 Å². The van der Waals surface area contributed by atoms with E-state index in [1.807, 2.05) is 24.1 Å². The molecule has 150 valence electrons. The summed E-state index contributed by atoms with van der Waals surface area (Å²) in [6, 6.07) is 5.39. The van der Waals surface area contributed by atoms with Crippen LogP contribution < -0.4 is 15.0 Å². The first-order valence-electron chi connectivity index (χ1n) is 9.56. The van der Waals surface area contributed by atoms with Crippen molar-refractivity contribution >= 4 is 17.5 Å². The fraction of sp³-hybridized carbons (Fsp3) is 0.619. The molecule has 1 heterocycles. The summed E-state index contributed by atoms with van der Waals surface area (Å²) in [6.07, 6.45) is 2.43. The Hall–Kier alpha value is -2.24. The third kappa shape index (κ3) is 5.88. The van der Waals surface area contributed by atoms with Gasteiger partial charge in [0.2, 0.25) is 5.91 Å². The normalized spacial score (nSPS) is 16.4. The molecule has 0 unspecified atom stereocenters. The number of fused-ring (bicyclic) bond motifs is 1. The molecule has 0 saturated heterocycles. The quantitative estimate of drug-likeness (QED) is 0.777. The van der Waals surface area contributed by atoms with Gasteiger partial charge in [-0.1, -0.05) is 20.8 Å². The van der Waals surface area contributed by atoms with E-state index in [0.29, 0.717) is 25.1 Å². The smallest absolute Gasteiger partial charge is 0.253 e. The van der Waals surface area contributed by atoms with Crippen molar-refractivity contribution in [3.05, 3.63) is 23.8 Å². The first-order valence-corrected chi connectivity index (χ1v) is 9.56. The van der Waals surface area contributed by atoms with Crippen molar-refractivity contribution in [2.24, 2.45) is 5.41 Å². The highest BCUT2D eigenvalue weighted by atomic mass is 16.5. The van der Waals surface area contributed by atoms with Gasteiger partial charge in [-0.3, -0.25) is 9.59 Å². The highest BCUT2D eigenvalue weighted by Gasteiger charge is 2.27. The summed E-state index contributed by atoms with van der Waals surface area (Å²) in [5.41, 5.74) is 1.74. The monoisotopic (exact) mass is 375 g/mol. The second-order valence-corrected chi connectivity index (χ2v) is 8.68. The van der Waals surface area contributed by atoms with Crippen LogP contribution in [-0.4, -0.2) is 57.1 Å². The number of anilines is 1. The van der Waals surface area contributed by atoms with Crippen molar-refractivity contribution in [3.63, 3.8) is 0 Å². The highest BCUT2D eigenvalue weighted by Crippen LogP contribution is 2.34. The number of ether oxygens (including phenoxy) is 1. The standard InChI is InChI=1S/C21H33N3O3/c1-21(2,3)10-7-11-22-19(25)13-16-14-27-18-9-8-15(20(26)23(4)5)12-17(18)24(16)6/h8-9,12,16H,7,10-11,13-14H2,1-6H3,(H,22,25)/t16-/m0/s1. The minimum Gasteiger partial charge on any atom is -0.489 e. The van der Waals surface area contributed by atoms with Crippen LogP contribution in [0.2, 0.25) is 0 Å². The lowest BCUT2D eigenvalue weighted by Crippen LogP contribution is -2.44. The molecule has 6 heteroatoms. The van der Waals surface area contributed by atoms with Gasteiger partial charge in [-0.15, -0.1) is 0 Å². The first-order chi connectivity index (χ1) is 12.6. The van der Waals surface area contributed by atoms with E-state index in [1.165, 1.54) is 0 Å². The van der Waals surface area contributed by atoms with E-state index in [4.69, 9.17) is 4.74 Å². The maximum atomic E-state index is 12.3. The number of rotatable bonds is 6. The van der Waals surface area contributed by atoms with E-state index in [9.17, 15) is 9.59 Å². The fourth-order valence-electron chi connectivity index (χ4n) is 3.13. The van der Waals surface area contributed by atoms with Crippen LogP contribution in [0.3, 0.4) is 0 Å². The van der Waals surface area contributed by atoms with E-state index < -0.39 is 0 Å². The van der Waals surface area contributed by atoms with Gasteiger partial charge in [0.05, 0.1) is 18.2 Å². The molecule has 0 saturated carbocycles. The van der Waals surface area contributed by atoms with Gasteiger partial charge in [-0.2, -0.15) is 0 Å². The molecule has 1 N–H and O–H groups in total. The lowest BCUT2D eigenvalue weighted by Gasteiger charge is -2.35. The minimum absolute atomic E-state index is 0.0355.